The molecule has 3 N–H and O–H groups in total. The molecule has 3 aromatic carbocycles. The molecule has 5 aromatic rings. The molecule has 0 aliphatic carbocycles. The van der Waals surface area contributed by atoms with Crippen LogP contribution in [0.2, 0.25) is 5.02 Å². The SMILES string of the molecule is CCC(C)(NP(=O)(COC)N(CCS(C)(=O)=O)Cc1ccc(-c2ccc3ncnc(Nc4ccc(OCc5cccc(F)c5)c(Cl)c4)c3c2)o1)C(=O)O. The minimum Gasteiger partial charge on any atom is -0.487 e. The van der Waals surface area contributed by atoms with Crippen LogP contribution < -0.4 is 15.1 Å². The summed E-state index contributed by atoms with van der Waals surface area (Å²) in [4.78, 5) is 21.0. The Morgan fingerprint density at radius 1 is 1.11 bits per heavy atom. The summed E-state index contributed by atoms with van der Waals surface area (Å²) in [5.41, 5.74) is 1.04. The summed E-state index contributed by atoms with van der Waals surface area (Å²) >= 11 is 6.52. The number of hydrogen-bond acceptors (Lipinski definition) is 10. The van der Waals surface area contributed by atoms with Crippen LogP contribution in [0.3, 0.4) is 0 Å². The van der Waals surface area contributed by atoms with Gasteiger partial charge in [-0.2, -0.15) is 0 Å². The van der Waals surface area contributed by atoms with E-state index in [4.69, 9.17) is 25.5 Å². The maximum Gasteiger partial charge on any atom is 0.324 e. The molecule has 0 saturated carbocycles. The Bertz CT molecular complexity index is 2260. The quantitative estimate of drug-likeness (QED) is 0.0747. The summed E-state index contributed by atoms with van der Waals surface area (Å²) in [6, 6.07) is 20.2. The van der Waals surface area contributed by atoms with E-state index in [1.165, 1.54) is 37.2 Å². The second kappa shape index (κ2) is 16.8. The Kier molecular flexibility index (Phi) is 12.6. The van der Waals surface area contributed by atoms with Gasteiger partial charge >= 0.3 is 5.97 Å². The van der Waals surface area contributed by atoms with Gasteiger partial charge in [0.1, 0.15) is 63.6 Å². The fraction of sp³-hybridized carbons (Fsp3) is 0.306. The number of sulfone groups is 1. The summed E-state index contributed by atoms with van der Waals surface area (Å²) < 4.78 is 70.9. The van der Waals surface area contributed by atoms with Crippen molar-refractivity contribution >= 4 is 57.3 Å². The van der Waals surface area contributed by atoms with Crippen molar-refractivity contribution in [1.82, 2.24) is 19.7 Å². The predicted octanol–water partition coefficient (Wildman–Crippen LogP) is 7.49. The summed E-state index contributed by atoms with van der Waals surface area (Å²) in [6.45, 7) is 2.93. The number of methoxy groups -OCH3 is 1. The van der Waals surface area contributed by atoms with E-state index in [0.717, 1.165) is 6.26 Å². The van der Waals surface area contributed by atoms with E-state index < -0.39 is 28.8 Å². The van der Waals surface area contributed by atoms with Crippen molar-refractivity contribution < 1.29 is 41.2 Å². The van der Waals surface area contributed by atoms with Crippen LogP contribution in [0.25, 0.3) is 22.2 Å². The number of halogens is 2. The number of anilines is 2. The second-order valence-electron chi connectivity index (χ2n) is 12.6. The lowest BCUT2D eigenvalue weighted by molar-refractivity contribution is -0.143. The largest absolute Gasteiger partial charge is 0.487 e. The second-order valence-corrected chi connectivity index (χ2v) is 17.8. The fourth-order valence-electron chi connectivity index (χ4n) is 5.38. The zero-order chi connectivity index (χ0) is 38.4. The van der Waals surface area contributed by atoms with Crippen molar-refractivity contribution in [3.05, 3.63) is 101 Å². The Morgan fingerprint density at radius 3 is 2.58 bits per heavy atom. The summed E-state index contributed by atoms with van der Waals surface area (Å²) in [7, 11) is -5.98. The molecule has 282 valence electrons. The van der Waals surface area contributed by atoms with Gasteiger partial charge < -0.3 is 24.3 Å². The molecule has 17 heteroatoms. The average molecular weight is 788 g/mol. The number of carboxylic acids is 1. The number of aliphatic carboxylic acids is 1. The van der Waals surface area contributed by atoms with E-state index in [1.807, 2.05) is 18.2 Å². The molecular formula is C36H40ClFN5O8PS. The number of fused-ring (bicyclic) bond motifs is 1. The monoisotopic (exact) mass is 787 g/mol. The van der Waals surface area contributed by atoms with Gasteiger partial charge in [-0.1, -0.05) is 30.7 Å². The van der Waals surface area contributed by atoms with Gasteiger partial charge in [-0.25, -0.2) is 32.5 Å². The van der Waals surface area contributed by atoms with Crippen molar-refractivity contribution in [3.63, 3.8) is 0 Å². The van der Waals surface area contributed by atoms with Crippen molar-refractivity contribution in [2.45, 2.75) is 39.0 Å². The van der Waals surface area contributed by atoms with Gasteiger partial charge in [0.05, 0.1) is 22.8 Å². The fourth-order valence-corrected chi connectivity index (χ4v) is 8.83. The highest BCUT2D eigenvalue weighted by atomic mass is 35.5. The van der Waals surface area contributed by atoms with Crippen LogP contribution in [0.15, 0.2) is 83.5 Å². The lowest BCUT2D eigenvalue weighted by atomic mass is 10.0. The number of benzene rings is 3. The molecule has 5 rings (SSSR count). The van der Waals surface area contributed by atoms with Crippen LogP contribution in [0.4, 0.5) is 15.9 Å². The molecule has 0 amide bonds. The molecule has 0 saturated heterocycles. The number of hydrogen-bond donors (Lipinski definition) is 3. The van der Waals surface area contributed by atoms with Crippen LogP contribution in [-0.4, -0.2) is 71.7 Å². The van der Waals surface area contributed by atoms with Gasteiger partial charge in [0.25, 0.3) is 0 Å². The van der Waals surface area contributed by atoms with Crippen molar-refractivity contribution in [2.75, 3.05) is 37.3 Å². The number of carbonyl (C=O) groups is 1. The molecule has 2 atom stereocenters. The molecule has 2 unspecified atom stereocenters. The Balaban J connectivity index is 1.38. The first kappa shape index (κ1) is 39.8. The van der Waals surface area contributed by atoms with E-state index in [9.17, 15) is 27.3 Å². The van der Waals surface area contributed by atoms with Crippen LogP contribution in [-0.2, 0) is 37.1 Å². The lowest BCUT2D eigenvalue weighted by Crippen LogP contribution is -2.50. The van der Waals surface area contributed by atoms with E-state index >= 15 is 0 Å². The van der Waals surface area contributed by atoms with Gasteiger partial charge in [-0.05, 0) is 79.6 Å². The topological polar surface area (TPSA) is 173 Å². The van der Waals surface area contributed by atoms with Gasteiger partial charge in [-0.15, -0.1) is 0 Å². The number of aromatic nitrogens is 2. The van der Waals surface area contributed by atoms with Crippen molar-refractivity contribution in [3.8, 4) is 17.1 Å². The Morgan fingerprint density at radius 2 is 1.91 bits per heavy atom. The number of nitrogens with zero attached hydrogens (tertiary/aromatic N) is 3. The average Bonchev–Trinajstić information content (AvgIpc) is 3.58. The number of furan rings is 1. The van der Waals surface area contributed by atoms with E-state index in [2.05, 4.69) is 20.4 Å². The normalized spacial score (nSPS) is 14.2. The maximum absolute atomic E-state index is 14.4. The standard InChI is InChI=1S/C36H40ClFN5O8PS/c1-5-36(2,35(44)45)42-52(46,23-49-3)43(15-16-53(4,47)48)20-28-11-14-32(51-28)25-9-12-31-29(18-25)34(40-22-39-31)41-27-10-13-33(30(37)19-27)50-21-24-7-6-8-26(38)17-24/h6-14,17-19,22H,5,15-16,20-21,23H2,1-4H3,(H,42,46)(H,44,45)(H,39,40,41). The summed E-state index contributed by atoms with van der Waals surface area (Å²) in [5, 5.41) is 17.0. The highest BCUT2D eigenvalue weighted by Crippen LogP contribution is 2.49. The highest BCUT2D eigenvalue weighted by Gasteiger charge is 2.42. The smallest absolute Gasteiger partial charge is 0.324 e. The van der Waals surface area contributed by atoms with E-state index in [1.54, 1.807) is 49.4 Å². The molecule has 2 aromatic heterocycles. The zero-order valence-electron chi connectivity index (χ0n) is 29.5. The molecule has 0 aliphatic heterocycles. The highest BCUT2D eigenvalue weighted by molar-refractivity contribution is 7.90. The Labute approximate surface area is 311 Å². The maximum atomic E-state index is 14.4. The third-order valence-electron chi connectivity index (χ3n) is 8.48. The molecular weight excluding hydrogens is 748 g/mol. The first-order valence-corrected chi connectivity index (χ1v) is 20.7. The van der Waals surface area contributed by atoms with Gasteiger partial charge in [-0.3, -0.25) is 9.36 Å². The number of carboxylic acid groups (broad SMARTS) is 1. The van der Waals surface area contributed by atoms with Gasteiger partial charge in [0.2, 0.25) is 7.44 Å². The van der Waals surface area contributed by atoms with Crippen molar-refractivity contribution in [1.29, 1.82) is 0 Å². The molecule has 0 aliphatic rings. The molecule has 0 bridgehead atoms. The number of rotatable bonds is 18. The van der Waals surface area contributed by atoms with Gasteiger partial charge in [0.15, 0.2) is 0 Å². The zero-order valence-corrected chi connectivity index (χ0v) is 32.0. The number of nitrogens with one attached hydrogen (secondary N) is 2. The molecule has 0 fully saturated rings. The molecule has 53 heavy (non-hydrogen) atoms. The minimum absolute atomic E-state index is 0.102. The van der Waals surface area contributed by atoms with Crippen LogP contribution in [0.5, 0.6) is 5.75 Å². The number of ether oxygens (including phenoxy) is 2. The van der Waals surface area contributed by atoms with Crippen molar-refractivity contribution in [2.24, 2.45) is 0 Å². The van der Waals surface area contributed by atoms with Crippen LogP contribution >= 0.6 is 19.0 Å². The molecule has 0 spiro atoms. The van der Waals surface area contributed by atoms with Crippen LogP contribution in [0, 0.1) is 5.82 Å². The first-order valence-electron chi connectivity index (χ1n) is 16.4. The predicted molar refractivity (Wildman–Crippen MR) is 202 cm³/mol. The van der Waals surface area contributed by atoms with E-state index in [0.29, 0.717) is 55.8 Å². The third kappa shape index (κ3) is 10.2. The minimum atomic E-state index is -3.84. The third-order valence-corrected chi connectivity index (χ3v) is 12.4. The Hall–Kier alpha value is -4.37. The van der Waals surface area contributed by atoms with Gasteiger partial charge in [0, 0.05) is 36.5 Å². The molecule has 13 nitrogen and oxygen atoms in total. The van der Waals surface area contributed by atoms with Crippen LogP contribution in [0.1, 0.15) is 31.6 Å². The summed E-state index contributed by atoms with van der Waals surface area (Å²) in [6.07, 6.45) is 2.23. The first-order chi connectivity index (χ1) is 25.1. The summed E-state index contributed by atoms with van der Waals surface area (Å²) in [5.74, 6) is -0.157. The molecule has 0 radical (unpaired) electrons. The van der Waals surface area contributed by atoms with E-state index in [-0.39, 0.29) is 44.0 Å². The molecule has 2 heterocycles. The lowest BCUT2D eigenvalue weighted by Gasteiger charge is -2.36.